The van der Waals surface area contributed by atoms with Gasteiger partial charge in [-0.2, -0.15) is 0 Å². The summed E-state index contributed by atoms with van der Waals surface area (Å²) < 4.78 is 0. The van der Waals surface area contributed by atoms with Crippen molar-refractivity contribution in [2.75, 3.05) is 12.3 Å². The predicted octanol–water partition coefficient (Wildman–Crippen LogP) is 2.43. The Hall–Kier alpha value is -3.71. The predicted molar refractivity (Wildman–Crippen MR) is 128 cm³/mol. The molecule has 1 aliphatic rings. The van der Waals surface area contributed by atoms with Crippen LogP contribution in [0.25, 0.3) is 0 Å². The van der Waals surface area contributed by atoms with Crippen LogP contribution in [0, 0.1) is 0 Å². The molecule has 2 amide bonds. The Morgan fingerprint density at radius 2 is 1.64 bits per heavy atom. The summed E-state index contributed by atoms with van der Waals surface area (Å²) in [6, 6.07) is 21.8. The Bertz CT molecular complexity index is 1030. The van der Waals surface area contributed by atoms with Gasteiger partial charge >= 0.3 is 0 Å². The topological polar surface area (TPSA) is 114 Å². The normalized spacial score (nSPS) is 16.5. The van der Waals surface area contributed by atoms with Crippen molar-refractivity contribution >= 4 is 17.6 Å². The fourth-order valence-electron chi connectivity index (χ4n) is 4.41. The fourth-order valence-corrected chi connectivity index (χ4v) is 4.41. The van der Waals surface area contributed by atoms with E-state index in [-0.39, 0.29) is 17.7 Å². The minimum absolute atomic E-state index is 0.180. The van der Waals surface area contributed by atoms with Crippen molar-refractivity contribution in [1.82, 2.24) is 15.2 Å². The van der Waals surface area contributed by atoms with E-state index in [0.717, 1.165) is 23.1 Å². The Balaban J connectivity index is 1.49. The van der Waals surface area contributed by atoms with Crippen molar-refractivity contribution in [2.24, 2.45) is 5.73 Å². The molecular weight excluding hydrogens is 414 g/mol. The SMILES string of the molecule is Nc1ccc(CNC(=O)[C@@H]2CCCN2C(=O)[C@H](N)C(c2ccccc2)c2ccccc2)cn1. The lowest BCUT2D eigenvalue weighted by Crippen LogP contribution is -2.52. The second-order valence-electron chi connectivity index (χ2n) is 8.32. The monoisotopic (exact) mass is 443 g/mol. The molecule has 33 heavy (non-hydrogen) atoms. The lowest BCUT2D eigenvalue weighted by Gasteiger charge is -2.31. The molecule has 0 bridgehead atoms. The summed E-state index contributed by atoms with van der Waals surface area (Å²) in [5, 5.41) is 2.92. The van der Waals surface area contributed by atoms with Crippen LogP contribution in [-0.2, 0) is 16.1 Å². The van der Waals surface area contributed by atoms with Crippen LogP contribution in [0.4, 0.5) is 5.82 Å². The summed E-state index contributed by atoms with van der Waals surface area (Å²) in [5.74, 6) is -0.261. The van der Waals surface area contributed by atoms with E-state index in [1.54, 1.807) is 17.2 Å². The zero-order valence-electron chi connectivity index (χ0n) is 18.4. The summed E-state index contributed by atoms with van der Waals surface area (Å²) in [7, 11) is 0. The van der Waals surface area contributed by atoms with Gasteiger partial charge in [0.25, 0.3) is 0 Å². The van der Waals surface area contributed by atoms with E-state index >= 15 is 0 Å². The van der Waals surface area contributed by atoms with E-state index in [4.69, 9.17) is 11.5 Å². The molecule has 7 heteroatoms. The lowest BCUT2D eigenvalue weighted by molar-refractivity contribution is -0.139. The Labute approximate surface area is 193 Å². The second kappa shape index (κ2) is 10.3. The van der Waals surface area contributed by atoms with Gasteiger partial charge in [-0.25, -0.2) is 4.98 Å². The van der Waals surface area contributed by atoms with Gasteiger partial charge in [-0.05, 0) is 35.6 Å². The number of nitrogens with zero attached hydrogens (tertiary/aromatic N) is 2. The number of hydrogen-bond donors (Lipinski definition) is 3. The number of aromatic nitrogens is 1. The van der Waals surface area contributed by atoms with E-state index in [1.165, 1.54) is 0 Å². The molecule has 2 heterocycles. The maximum atomic E-state index is 13.6. The number of carbonyl (C=O) groups is 2. The highest BCUT2D eigenvalue weighted by Gasteiger charge is 2.39. The molecule has 4 rings (SSSR count). The molecule has 0 unspecified atom stereocenters. The van der Waals surface area contributed by atoms with Crippen LogP contribution in [0.2, 0.25) is 0 Å². The summed E-state index contributed by atoms with van der Waals surface area (Å²) >= 11 is 0. The molecule has 1 fully saturated rings. The molecule has 170 valence electrons. The average molecular weight is 444 g/mol. The van der Waals surface area contributed by atoms with Crippen molar-refractivity contribution in [1.29, 1.82) is 0 Å². The number of nitrogens with two attached hydrogens (primary N) is 2. The highest BCUT2D eigenvalue weighted by molar-refractivity contribution is 5.91. The van der Waals surface area contributed by atoms with Gasteiger partial charge in [-0.15, -0.1) is 0 Å². The number of rotatable bonds is 7. The molecule has 1 aromatic heterocycles. The molecular formula is C26H29N5O2. The number of hydrogen-bond acceptors (Lipinski definition) is 5. The third kappa shape index (κ3) is 5.21. The van der Waals surface area contributed by atoms with Gasteiger partial charge in [0.05, 0.1) is 6.04 Å². The summed E-state index contributed by atoms with van der Waals surface area (Å²) in [4.78, 5) is 32.2. The van der Waals surface area contributed by atoms with Crippen LogP contribution in [0.5, 0.6) is 0 Å². The zero-order chi connectivity index (χ0) is 23.2. The number of anilines is 1. The first-order valence-corrected chi connectivity index (χ1v) is 11.2. The first-order chi connectivity index (χ1) is 16.0. The number of nitrogen functional groups attached to an aromatic ring is 1. The standard InChI is InChI=1S/C26H29N5O2/c27-22-14-13-18(16-29-22)17-30-25(32)21-12-7-15-31(21)26(33)24(28)23(19-8-3-1-4-9-19)20-10-5-2-6-11-20/h1-6,8-11,13-14,16,21,23-24H,7,12,15,17,28H2,(H2,27,29)(H,30,32)/t21-,24+/m0/s1. The third-order valence-electron chi connectivity index (χ3n) is 6.11. The highest BCUT2D eigenvalue weighted by atomic mass is 16.2. The smallest absolute Gasteiger partial charge is 0.243 e. The molecule has 3 aromatic rings. The van der Waals surface area contributed by atoms with Crippen molar-refractivity contribution in [2.45, 2.75) is 37.4 Å². The van der Waals surface area contributed by atoms with Crippen molar-refractivity contribution in [3.05, 3.63) is 95.7 Å². The Kier molecular flexibility index (Phi) is 7.00. The molecule has 5 N–H and O–H groups in total. The first-order valence-electron chi connectivity index (χ1n) is 11.2. The second-order valence-corrected chi connectivity index (χ2v) is 8.32. The van der Waals surface area contributed by atoms with Crippen LogP contribution in [0.15, 0.2) is 79.0 Å². The number of amides is 2. The maximum Gasteiger partial charge on any atom is 0.243 e. The number of likely N-dealkylation sites (tertiary alicyclic amines) is 1. The minimum atomic E-state index is -0.801. The molecule has 0 spiro atoms. The summed E-state index contributed by atoms with van der Waals surface area (Å²) in [5.41, 5.74) is 15.0. The Morgan fingerprint density at radius 1 is 1.00 bits per heavy atom. The van der Waals surface area contributed by atoms with Gasteiger partial charge < -0.3 is 21.7 Å². The van der Waals surface area contributed by atoms with Gasteiger partial charge in [0.1, 0.15) is 11.9 Å². The zero-order valence-corrected chi connectivity index (χ0v) is 18.4. The summed E-state index contributed by atoms with van der Waals surface area (Å²) in [6.07, 6.45) is 3.01. The van der Waals surface area contributed by atoms with Gasteiger partial charge in [-0.3, -0.25) is 9.59 Å². The van der Waals surface area contributed by atoms with Crippen molar-refractivity contribution < 1.29 is 9.59 Å². The van der Waals surface area contributed by atoms with Crippen LogP contribution >= 0.6 is 0 Å². The first kappa shape index (κ1) is 22.5. The molecule has 1 aliphatic heterocycles. The minimum Gasteiger partial charge on any atom is -0.384 e. The maximum absolute atomic E-state index is 13.6. The van der Waals surface area contributed by atoms with E-state index in [0.29, 0.717) is 25.3 Å². The fraction of sp³-hybridized carbons (Fsp3) is 0.269. The molecule has 7 nitrogen and oxygen atoms in total. The van der Waals surface area contributed by atoms with Crippen LogP contribution in [0.1, 0.15) is 35.4 Å². The molecule has 0 aliphatic carbocycles. The average Bonchev–Trinajstić information content (AvgIpc) is 3.34. The largest absolute Gasteiger partial charge is 0.384 e. The van der Waals surface area contributed by atoms with Crippen LogP contribution in [-0.4, -0.2) is 40.3 Å². The van der Waals surface area contributed by atoms with E-state index in [9.17, 15) is 9.59 Å². The molecule has 2 atom stereocenters. The van der Waals surface area contributed by atoms with Gasteiger partial charge in [0.15, 0.2) is 0 Å². The third-order valence-corrected chi connectivity index (χ3v) is 6.11. The van der Waals surface area contributed by atoms with Crippen LogP contribution in [0.3, 0.4) is 0 Å². The molecule has 2 aromatic carbocycles. The number of carbonyl (C=O) groups excluding carboxylic acids is 2. The van der Waals surface area contributed by atoms with Gasteiger partial charge in [0, 0.05) is 25.2 Å². The van der Waals surface area contributed by atoms with E-state index in [1.807, 2.05) is 66.7 Å². The van der Waals surface area contributed by atoms with Crippen molar-refractivity contribution in [3.63, 3.8) is 0 Å². The highest BCUT2D eigenvalue weighted by Crippen LogP contribution is 2.30. The van der Waals surface area contributed by atoms with E-state index < -0.39 is 12.1 Å². The summed E-state index contributed by atoms with van der Waals surface area (Å²) in [6.45, 7) is 0.845. The molecule has 1 saturated heterocycles. The lowest BCUT2D eigenvalue weighted by atomic mass is 9.84. The van der Waals surface area contributed by atoms with E-state index in [2.05, 4.69) is 10.3 Å². The molecule has 0 saturated carbocycles. The van der Waals surface area contributed by atoms with Gasteiger partial charge in [0.2, 0.25) is 11.8 Å². The van der Waals surface area contributed by atoms with Gasteiger partial charge in [-0.1, -0.05) is 66.7 Å². The van der Waals surface area contributed by atoms with Crippen molar-refractivity contribution in [3.8, 4) is 0 Å². The quantitative estimate of drug-likeness (QED) is 0.519. The Morgan fingerprint density at radius 3 is 2.21 bits per heavy atom. The molecule has 0 radical (unpaired) electrons. The number of benzene rings is 2. The van der Waals surface area contributed by atoms with Crippen LogP contribution < -0.4 is 16.8 Å². The number of nitrogens with one attached hydrogen (secondary N) is 1. The number of pyridine rings is 1.